The molecule has 1 aromatic rings. The van der Waals surface area contributed by atoms with E-state index < -0.39 is 0 Å². The first kappa shape index (κ1) is 18.9. The number of hydrogen-bond donors (Lipinski definition) is 0. The van der Waals surface area contributed by atoms with Crippen LogP contribution in [0.3, 0.4) is 0 Å². The molecule has 0 aromatic heterocycles. The molecular weight excluding hydrogens is 339 g/mol. The van der Waals surface area contributed by atoms with Gasteiger partial charge in [0, 0.05) is 31.6 Å². The summed E-state index contributed by atoms with van der Waals surface area (Å²) in [4.78, 5) is 17.5. The van der Waals surface area contributed by atoms with Crippen LogP contribution in [0.25, 0.3) is 0 Å². The zero-order valence-corrected chi connectivity index (χ0v) is 16.5. The van der Waals surface area contributed by atoms with Gasteiger partial charge in [0.2, 0.25) is 5.91 Å². The van der Waals surface area contributed by atoms with Gasteiger partial charge in [-0.15, -0.1) is 0 Å². The lowest BCUT2D eigenvalue weighted by Crippen LogP contribution is -2.48. The molecule has 4 heteroatoms. The van der Waals surface area contributed by atoms with Gasteiger partial charge in [0.05, 0.1) is 0 Å². The van der Waals surface area contributed by atoms with Crippen LogP contribution >= 0.6 is 0 Å². The van der Waals surface area contributed by atoms with Crippen LogP contribution in [0.2, 0.25) is 0 Å². The molecule has 2 saturated heterocycles. The maximum atomic E-state index is 13.5. The normalized spacial score (nSPS) is 28.0. The minimum Gasteiger partial charge on any atom is -0.337 e. The quantitative estimate of drug-likeness (QED) is 0.761. The third-order valence-corrected chi connectivity index (χ3v) is 7.15. The van der Waals surface area contributed by atoms with Crippen LogP contribution < -0.4 is 0 Å². The van der Waals surface area contributed by atoms with Crippen molar-refractivity contribution in [2.24, 2.45) is 5.92 Å². The third-order valence-electron chi connectivity index (χ3n) is 7.15. The molecule has 1 aromatic carbocycles. The summed E-state index contributed by atoms with van der Waals surface area (Å²) in [6.45, 7) is 3.85. The van der Waals surface area contributed by atoms with Gasteiger partial charge in [-0.1, -0.05) is 31.4 Å². The molecule has 2 heterocycles. The highest BCUT2D eigenvalue weighted by Gasteiger charge is 2.46. The molecule has 3 nitrogen and oxygen atoms in total. The van der Waals surface area contributed by atoms with Crippen molar-refractivity contribution in [2.75, 3.05) is 19.6 Å². The first-order valence-corrected chi connectivity index (χ1v) is 10.9. The topological polar surface area (TPSA) is 23.6 Å². The number of carbonyl (C=O) groups is 1. The maximum Gasteiger partial charge on any atom is 0.223 e. The highest BCUT2D eigenvalue weighted by molar-refractivity contribution is 5.79. The van der Waals surface area contributed by atoms with Crippen LogP contribution in [0.4, 0.5) is 4.39 Å². The average Bonchev–Trinajstić information content (AvgIpc) is 2.84. The highest BCUT2D eigenvalue weighted by Crippen LogP contribution is 2.41. The van der Waals surface area contributed by atoms with Crippen molar-refractivity contribution in [3.05, 3.63) is 35.6 Å². The van der Waals surface area contributed by atoms with Crippen LogP contribution in [-0.4, -0.2) is 40.9 Å². The lowest BCUT2D eigenvalue weighted by atomic mass is 9.84. The molecule has 27 heavy (non-hydrogen) atoms. The van der Waals surface area contributed by atoms with Crippen molar-refractivity contribution in [2.45, 2.75) is 76.3 Å². The van der Waals surface area contributed by atoms with Gasteiger partial charge < -0.3 is 4.90 Å². The molecular formula is C23H33FN2O. The summed E-state index contributed by atoms with van der Waals surface area (Å²) in [5.41, 5.74) is 1.14. The molecule has 1 spiro atoms. The standard InChI is InChI=1S/C23H33FN2O/c24-21-9-4-8-20(16-21)17-25-14-5-11-23(13-15-25)12-10-22(27)26(23)18-19-6-2-1-3-7-19/h4,8-9,16,19H,1-3,5-7,10-15,17-18H2. The average molecular weight is 373 g/mol. The fourth-order valence-corrected chi connectivity index (χ4v) is 5.60. The Morgan fingerprint density at radius 2 is 1.89 bits per heavy atom. The van der Waals surface area contributed by atoms with Gasteiger partial charge in [0.15, 0.2) is 0 Å². The Morgan fingerprint density at radius 3 is 2.70 bits per heavy atom. The summed E-state index contributed by atoms with van der Waals surface area (Å²) in [6, 6.07) is 6.97. The molecule has 3 aliphatic rings. The number of halogens is 1. The van der Waals surface area contributed by atoms with E-state index >= 15 is 0 Å². The molecule has 1 aliphatic carbocycles. The number of nitrogens with zero attached hydrogens (tertiary/aromatic N) is 2. The van der Waals surface area contributed by atoms with Crippen LogP contribution in [0.1, 0.15) is 69.8 Å². The predicted octanol–water partition coefficient (Wildman–Crippen LogP) is 4.75. The number of likely N-dealkylation sites (tertiary alicyclic amines) is 2. The van der Waals surface area contributed by atoms with Gasteiger partial charge in [-0.3, -0.25) is 9.69 Å². The smallest absolute Gasteiger partial charge is 0.223 e. The first-order chi connectivity index (χ1) is 13.1. The Kier molecular flexibility index (Phi) is 5.82. The second kappa shape index (κ2) is 8.30. The summed E-state index contributed by atoms with van der Waals surface area (Å²) in [5.74, 6) is 0.947. The van der Waals surface area contributed by atoms with Gasteiger partial charge in [0.1, 0.15) is 5.82 Å². The van der Waals surface area contributed by atoms with Crippen LogP contribution in [0.5, 0.6) is 0 Å². The molecule has 0 radical (unpaired) electrons. The van der Waals surface area contributed by atoms with E-state index in [1.165, 1.54) is 38.2 Å². The number of rotatable bonds is 4. The SMILES string of the molecule is O=C1CCC2(CCCN(Cc3cccc(F)c3)CC2)N1CC1CCCCC1. The Balaban J connectivity index is 1.41. The third kappa shape index (κ3) is 4.37. The van der Waals surface area contributed by atoms with E-state index in [-0.39, 0.29) is 11.4 Å². The molecule has 1 atom stereocenters. The molecule has 4 rings (SSSR count). The first-order valence-electron chi connectivity index (χ1n) is 10.9. The largest absolute Gasteiger partial charge is 0.337 e. The van der Waals surface area contributed by atoms with Gasteiger partial charge in [-0.2, -0.15) is 0 Å². The molecule has 148 valence electrons. The summed E-state index contributed by atoms with van der Waals surface area (Å²) >= 11 is 0. The van der Waals surface area contributed by atoms with E-state index in [4.69, 9.17) is 0 Å². The number of benzene rings is 1. The Bertz CT molecular complexity index is 658. The Labute approximate surface area is 162 Å². The lowest BCUT2D eigenvalue weighted by Gasteiger charge is -2.41. The summed E-state index contributed by atoms with van der Waals surface area (Å²) in [7, 11) is 0. The van der Waals surface area contributed by atoms with Crippen molar-refractivity contribution in [3.63, 3.8) is 0 Å². The Morgan fingerprint density at radius 1 is 1.04 bits per heavy atom. The van der Waals surface area contributed by atoms with Crippen LogP contribution in [0, 0.1) is 11.7 Å². The lowest BCUT2D eigenvalue weighted by molar-refractivity contribution is -0.132. The minimum absolute atomic E-state index is 0.0885. The van der Waals surface area contributed by atoms with Crippen molar-refractivity contribution in [1.29, 1.82) is 0 Å². The van der Waals surface area contributed by atoms with E-state index in [1.54, 1.807) is 12.1 Å². The molecule has 1 saturated carbocycles. The second-order valence-electron chi connectivity index (χ2n) is 8.99. The van der Waals surface area contributed by atoms with Crippen molar-refractivity contribution >= 4 is 5.91 Å². The van der Waals surface area contributed by atoms with E-state index in [0.29, 0.717) is 11.8 Å². The molecule has 1 amide bonds. The van der Waals surface area contributed by atoms with E-state index in [0.717, 1.165) is 63.8 Å². The zero-order valence-electron chi connectivity index (χ0n) is 16.5. The fraction of sp³-hybridized carbons (Fsp3) is 0.696. The summed E-state index contributed by atoms with van der Waals surface area (Å²) in [5, 5.41) is 0. The maximum absolute atomic E-state index is 13.5. The van der Waals surface area contributed by atoms with Crippen molar-refractivity contribution in [1.82, 2.24) is 9.80 Å². The van der Waals surface area contributed by atoms with Gasteiger partial charge in [-0.25, -0.2) is 4.39 Å². The summed E-state index contributed by atoms with van der Waals surface area (Å²) in [6.07, 6.45) is 11.7. The highest BCUT2D eigenvalue weighted by atomic mass is 19.1. The molecule has 3 fully saturated rings. The molecule has 1 unspecified atom stereocenters. The van der Waals surface area contributed by atoms with E-state index in [9.17, 15) is 9.18 Å². The molecule has 2 aliphatic heterocycles. The minimum atomic E-state index is -0.154. The Hall–Kier alpha value is -1.42. The number of hydrogen-bond acceptors (Lipinski definition) is 2. The summed E-state index contributed by atoms with van der Waals surface area (Å²) < 4.78 is 13.5. The molecule has 0 bridgehead atoms. The molecule has 0 N–H and O–H groups in total. The van der Waals surface area contributed by atoms with E-state index in [1.807, 2.05) is 6.07 Å². The van der Waals surface area contributed by atoms with Crippen LogP contribution in [0.15, 0.2) is 24.3 Å². The number of amides is 1. The van der Waals surface area contributed by atoms with Crippen molar-refractivity contribution in [3.8, 4) is 0 Å². The number of carbonyl (C=O) groups excluding carboxylic acids is 1. The fourth-order valence-electron chi connectivity index (χ4n) is 5.60. The van der Waals surface area contributed by atoms with E-state index in [2.05, 4.69) is 9.80 Å². The van der Waals surface area contributed by atoms with Gasteiger partial charge in [-0.05, 0) is 68.7 Å². The predicted molar refractivity (Wildman–Crippen MR) is 106 cm³/mol. The van der Waals surface area contributed by atoms with Gasteiger partial charge in [0.25, 0.3) is 0 Å². The zero-order chi connectivity index (χ0) is 18.7. The monoisotopic (exact) mass is 372 g/mol. The second-order valence-corrected chi connectivity index (χ2v) is 8.99. The van der Waals surface area contributed by atoms with Crippen LogP contribution in [-0.2, 0) is 11.3 Å². The van der Waals surface area contributed by atoms with Gasteiger partial charge >= 0.3 is 0 Å². The van der Waals surface area contributed by atoms with Crippen molar-refractivity contribution < 1.29 is 9.18 Å².